The van der Waals surface area contributed by atoms with Crippen LogP contribution in [0.3, 0.4) is 0 Å². The van der Waals surface area contributed by atoms with Gasteiger partial charge < -0.3 is 29.1 Å². The summed E-state index contributed by atoms with van der Waals surface area (Å²) in [6.07, 6.45) is 3.51. The molecule has 39 heavy (non-hydrogen) atoms. The SMILES string of the molecule is C=C1c2cc(Cl)ccc2OCCN(C)CCN(C)c2cc(N3CC(OC)C3)nc3cc(nn23)C2CCCCN12. The van der Waals surface area contributed by atoms with Crippen molar-refractivity contribution in [3.05, 3.63) is 53.2 Å². The molecule has 3 aromatic rings. The van der Waals surface area contributed by atoms with Crippen molar-refractivity contribution in [1.29, 1.82) is 0 Å². The number of hydrogen-bond acceptors (Lipinski definition) is 8. The Morgan fingerprint density at radius 1 is 1.05 bits per heavy atom. The molecular formula is C29H38ClN7O2. The maximum Gasteiger partial charge on any atom is 0.160 e. The molecule has 0 amide bonds. The van der Waals surface area contributed by atoms with E-state index in [1.807, 2.05) is 22.7 Å². The number of nitrogens with zero attached hydrogens (tertiary/aromatic N) is 7. The second-order valence-electron chi connectivity index (χ2n) is 10.9. The van der Waals surface area contributed by atoms with Crippen molar-refractivity contribution in [3.63, 3.8) is 0 Å². The van der Waals surface area contributed by atoms with Gasteiger partial charge in [-0.25, -0.2) is 4.98 Å². The van der Waals surface area contributed by atoms with E-state index in [0.29, 0.717) is 11.6 Å². The molecule has 2 bridgehead atoms. The minimum absolute atomic E-state index is 0.0994. The highest BCUT2D eigenvalue weighted by Gasteiger charge is 2.32. The van der Waals surface area contributed by atoms with Gasteiger partial charge in [0, 0.05) is 81.8 Å². The van der Waals surface area contributed by atoms with Crippen molar-refractivity contribution in [3.8, 4) is 5.75 Å². The van der Waals surface area contributed by atoms with E-state index < -0.39 is 0 Å². The number of rotatable bonds is 2. The van der Waals surface area contributed by atoms with Gasteiger partial charge in [-0.1, -0.05) is 18.2 Å². The number of fused-ring (bicyclic) bond motifs is 4. The zero-order chi connectivity index (χ0) is 27.1. The molecule has 2 saturated heterocycles. The average Bonchev–Trinajstić information content (AvgIpc) is 3.35. The van der Waals surface area contributed by atoms with E-state index in [1.54, 1.807) is 7.11 Å². The zero-order valence-corrected chi connectivity index (χ0v) is 23.9. The molecule has 0 N–H and O–H groups in total. The Kier molecular flexibility index (Phi) is 7.31. The van der Waals surface area contributed by atoms with Crippen molar-refractivity contribution in [2.24, 2.45) is 0 Å². The third-order valence-corrected chi connectivity index (χ3v) is 8.54. The molecule has 0 saturated carbocycles. The summed E-state index contributed by atoms with van der Waals surface area (Å²) in [5, 5.41) is 5.85. The monoisotopic (exact) mass is 551 g/mol. The van der Waals surface area contributed by atoms with Gasteiger partial charge in [-0.15, -0.1) is 0 Å². The summed E-state index contributed by atoms with van der Waals surface area (Å²) < 4.78 is 13.8. The quantitative estimate of drug-likeness (QED) is 0.470. The van der Waals surface area contributed by atoms with Crippen LogP contribution in [0.15, 0.2) is 36.9 Å². The van der Waals surface area contributed by atoms with Gasteiger partial charge in [0.05, 0.1) is 17.8 Å². The molecule has 3 aliphatic heterocycles. The molecule has 1 atom stereocenters. The van der Waals surface area contributed by atoms with Crippen LogP contribution < -0.4 is 14.5 Å². The molecule has 6 rings (SSSR count). The van der Waals surface area contributed by atoms with Crippen LogP contribution in [-0.2, 0) is 4.74 Å². The number of piperidine rings is 1. The topological polar surface area (TPSA) is 61.6 Å². The van der Waals surface area contributed by atoms with Gasteiger partial charge in [0.1, 0.15) is 24.0 Å². The normalized spacial score (nSPS) is 21.6. The Labute approximate surface area is 235 Å². The van der Waals surface area contributed by atoms with E-state index in [9.17, 15) is 0 Å². The van der Waals surface area contributed by atoms with Crippen LogP contribution in [0, 0.1) is 0 Å². The fourth-order valence-electron chi connectivity index (χ4n) is 5.76. The van der Waals surface area contributed by atoms with E-state index in [-0.39, 0.29) is 12.1 Å². The average molecular weight is 552 g/mol. The highest BCUT2D eigenvalue weighted by atomic mass is 35.5. The third-order valence-electron chi connectivity index (χ3n) is 8.30. The summed E-state index contributed by atoms with van der Waals surface area (Å²) in [7, 11) is 6.04. The summed E-state index contributed by atoms with van der Waals surface area (Å²) in [5.41, 5.74) is 3.75. The van der Waals surface area contributed by atoms with Crippen LogP contribution in [-0.4, -0.2) is 97.6 Å². The predicted molar refractivity (Wildman–Crippen MR) is 156 cm³/mol. The number of likely N-dealkylation sites (N-methyl/N-ethyl adjacent to an activating group) is 2. The standard InChI is InChI=1S/C29H38ClN7O2/c1-20-23-15-21(30)8-9-26(23)39-14-13-33(2)11-12-34(3)29-17-27(35-18-22(19-35)38-4)31-28-16-24(32-37(28)29)25-7-5-6-10-36(20)25/h8-9,15-17,22,25H,1,5-7,10-14,18-19H2,2-4H3. The number of anilines is 2. The maximum absolute atomic E-state index is 6.46. The van der Waals surface area contributed by atoms with Crippen molar-refractivity contribution >= 4 is 34.6 Å². The molecule has 3 aliphatic rings. The summed E-state index contributed by atoms with van der Waals surface area (Å²) in [4.78, 5) is 14.3. The van der Waals surface area contributed by atoms with Crippen molar-refractivity contribution in [1.82, 2.24) is 24.4 Å². The van der Waals surface area contributed by atoms with Crippen LogP contribution in [0.2, 0.25) is 5.02 Å². The number of aromatic nitrogens is 3. The number of benzene rings is 1. The van der Waals surface area contributed by atoms with E-state index >= 15 is 0 Å². The highest BCUT2D eigenvalue weighted by molar-refractivity contribution is 6.30. The minimum atomic E-state index is 0.0994. The summed E-state index contributed by atoms with van der Waals surface area (Å²) in [6, 6.07) is 10.2. The zero-order valence-electron chi connectivity index (χ0n) is 23.1. The Hall–Kier alpha value is -3.01. The molecule has 2 fully saturated rings. The fourth-order valence-corrected chi connectivity index (χ4v) is 5.94. The van der Waals surface area contributed by atoms with Crippen LogP contribution in [0.25, 0.3) is 11.3 Å². The predicted octanol–water partition coefficient (Wildman–Crippen LogP) is 4.18. The lowest BCUT2D eigenvalue weighted by atomic mass is 9.97. The number of hydrogen-bond donors (Lipinski definition) is 0. The Morgan fingerprint density at radius 3 is 2.72 bits per heavy atom. The summed E-state index contributed by atoms with van der Waals surface area (Å²) in [6.45, 7) is 10.3. The van der Waals surface area contributed by atoms with Crippen LogP contribution in [0.4, 0.5) is 11.6 Å². The second kappa shape index (κ2) is 10.9. The van der Waals surface area contributed by atoms with E-state index in [4.69, 9.17) is 31.2 Å². The molecule has 0 radical (unpaired) electrons. The van der Waals surface area contributed by atoms with Crippen molar-refractivity contribution in [2.45, 2.75) is 31.4 Å². The van der Waals surface area contributed by atoms with Gasteiger partial charge >= 0.3 is 0 Å². The Bertz CT molecular complexity index is 1350. The summed E-state index contributed by atoms with van der Waals surface area (Å²) >= 11 is 6.46. The van der Waals surface area contributed by atoms with Gasteiger partial charge in [-0.05, 0) is 44.5 Å². The smallest absolute Gasteiger partial charge is 0.160 e. The van der Waals surface area contributed by atoms with Gasteiger partial charge in [0.2, 0.25) is 0 Å². The van der Waals surface area contributed by atoms with Crippen molar-refractivity contribution in [2.75, 3.05) is 76.9 Å². The van der Waals surface area contributed by atoms with E-state index in [1.165, 1.54) is 0 Å². The van der Waals surface area contributed by atoms with Gasteiger partial charge in [0.15, 0.2) is 5.65 Å². The second-order valence-corrected chi connectivity index (χ2v) is 11.4. The first-order valence-electron chi connectivity index (χ1n) is 13.9. The van der Waals surface area contributed by atoms with E-state index in [0.717, 1.165) is 98.5 Å². The number of ether oxygens (including phenoxy) is 2. The molecule has 208 valence electrons. The molecule has 5 heterocycles. The molecular weight excluding hydrogens is 514 g/mol. The Balaban J connectivity index is 1.44. The molecule has 0 spiro atoms. The first kappa shape index (κ1) is 26.2. The lowest BCUT2D eigenvalue weighted by molar-refractivity contribution is 0.0783. The van der Waals surface area contributed by atoms with E-state index in [2.05, 4.69) is 52.4 Å². The Morgan fingerprint density at radius 2 is 1.90 bits per heavy atom. The van der Waals surface area contributed by atoms with Gasteiger partial charge in [-0.2, -0.15) is 9.61 Å². The lowest BCUT2D eigenvalue weighted by Crippen LogP contribution is -2.52. The summed E-state index contributed by atoms with van der Waals surface area (Å²) in [5.74, 6) is 2.83. The number of halogens is 1. The molecule has 9 nitrogen and oxygen atoms in total. The first-order chi connectivity index (χ1) is 18.9. The third kappa shape index (κ3) is 5.15. The molecule has 2 aromatic heterocycles. The lowest BCUT2D eigenvalue weighted by Gasteiger charge is -2.39. The molecule has 1 unspecified atom stereocenters. The van der Waals surface area contributed by atoms with Crippen molar-refractivity contribution < 1.29 is 9.47 Å². The minimum Gasteiger partial charge on any atom is -0.492 e. The largest absolute Gasteiger partial charge is 0.492 e. The number of methoxy groups -OCH3 is 1. The first-order valence-corrected chi connectivity index (χ1v) is 14.3. The van der Waals surface area contributed by atoms with Crippen LogP contribution >= 0.6 is 11.6 Å². The fraction of sp³-hybridized carbons (Fsp3) is 0.517. The molecule has 10 heteroatoms. The molecule has 1 aromatic carbocycles. The van der Waals surface area contributed by atoms with Gasteiger partial charge in [-0.3, -0.25) is 0 Å². The van der Waals surface area contributed by atoms with Gasteiger partial charge in [0.25, 0.3) is 0 Å². The maximum atomic E-state index is 6.46. The molecule has 0 aliphatic carbocycles. The highest BCUT2D eigenvalue weighted by Crippen LogP contribution is 2.40. The van der Waals surface area contributed by atoms with Crippen LogP contribution in [0.1, 0.15) is 36.6 Å². The van der Waals surface area contributed by atoms with Crippen LogP contribution in [0.5, 0.6) is 5.75 Å².